The van der Waals surface area contributed by atoms with Crippen LogP contribution in [0.4, 0.5) is 0 Å². The second-order valence-corrected chi connectivity index (χ2v) is 6.01. The summed E-state index contributed by atoms with van der Waals surface area (Å²) >= 11 is 0. The van der Waals surface area contributed by atoms with Gasteiger partial charge in [-0.15, -0.1) is 0 Å². The molecule has 2 aliphatic heterocycles. The molecule has 2 heterocycles. The molecular formula is C15H29NO2. The fourth-order valence-corrected chi connectivity index (χ4v) is 3.20. The third-order valence-corrected chi connectivity index (χ3v) is 4.35. The Hall–Kier alpha value is -0.120. The normalized spacial score (nSPS) is 32.8. The SMILES string of the molecule is CCCNCC1(CCC2CCCO2)CCCOC1. The Balaban J connectivity index is 1.78. The summed E-state index contributed by atoms with van der Waals surface area (Å²) in [6, 6.07) is 0. The molecule has 2 atom stereocenters. The molecule has 0 amide bonds. The molecular weight excluding hydrogens is 226 g/mol. The van der Waals surface area contributed by atoms with E-state index in [1.54, 1.807) is 0 Å². The number of ether oxygens (including phenoxy) is 2. The summed E-state index contributed by atoms with van der Waals surface area (Å²) in [5.41, 5.74) is 0.374. The highest BCUT2D eigenvalue weighted by atomic mass is 16.5. The van der Waals surface area contributed by atoms with E-state index in [4.69, 9.17) is 9.47 Å². The van der Waals surface area contributed by atoms with E-state index in [2.05, 4.69) is 12.2 Å². The standard InChI is InChI=1S/C15H29NO2/c1-2-9-16-12-15(7-4-10-17-13-15)8-6-14-5-3-11-18-14/h14,16H,2-13H2,1H3. The van der Waals surface area contributed by atoms with E-state index in [1.807, 2.05) is 0 Å². The van der Waals surface area contributed by atoms with Crippen molar-refractivity contribution >= 4 is 0 Å². The minimum atomic E-state index is 0.374. The van der Waals surface area contributed by atoms with Crippen molar-refractivity contribution in [3.05, 3.63) is 0 Å². The van der Waals surface area contributed by atoms with E-state index in [-0.39, 0.29) is 0 Å². The summed E-state index contributed by atoms with van der Waals surface area (Å²) in [4.78, 5) is 0. The second-order valence-electron chi connectivity index (χ2n) is 6.01. The summed E-state index contributed by atoms with van der Waals surface area (Å²) < 4.78 is 11.5. The summed E-state index contributed by atoms with van der Waals surface area (Å²) in [7, 11) is 0. The number of hydrogen-bond donors (Lipinski definition) is 1. The molecule has 0 aromatic heterocycles. The van der Waals surface area contributed by atoms with Crippen molar-refractivity contribution < 1.29 is 9.47 Å². The minimum absolute atomic E-state index is 0.374. The third kappa shape index (κ3) is 4.22. The average molecular weight is 255 g/mol. The maximum Gasteiger partial charge on any atom is 0.0576 e. The van der Waals surface area contributed by atoms with Crippen LogP contribution in [0.25, 0.3) is 0 Å². The van der Waals surface area contributed by atoms with Gasteiger partial charge in [-0.2, -0.15) is 0 Å². The van der Waals surface area contributed by atoms with Crippen molar-refractivity contribution in [1.82, 2.24) is 5.32 Å². The molecule has 0 aromatic carbocycles. The Kier molecular flexibility index (Phi) is 5.93. The van der Waals surface area contributed by atoms with Gasteiger partial charge in [-0.25, -0.2) is 0 Å². The van der Waals surface area contributed by atoms with E-state index >= 15 is 0 Å². The van der Waals surface area contributed by atoms with Gasteiger partial charge in [0.15, 0.2) is 0 Å². The Labute approximate surface area is 112 Å². The Morgan fingerprint density at radius 2 is 2.22 bits per heavy atom. The van der Waals surface area contributed by atoms with Crippen molar-refractivity contribution in [2.45, 2.75) is 58.0 Å². The van der Waals surface area contributed by atoms with Crippen LogP contribution in [0.2, 0.25) is 0 Å². The predicted octanol–water partition coefficient (Wildman–Crippen LogP) is 2.74. The van der Waals surface area contributed by atoms with Crippen molar-refractivity contribution in [1.29, 1.82) is 0 Å². The van der Waals surface area contributed by atoms with Crippen LogP contribution in [0.5, 0.6) is 0 Å². The highest BCUT2D eigenvalue weighted by molar-refractivity contribution is 4.85. The molecule has 0 spiro atoms. The van der Waals surface area contributed by atoms with Crippen molar-refractivity contribution in [2.75, 3.05) is 32.9 Å². The van der Waals surface area contributed by atoms with Gasteiger partial charge in [-0.3, -0.25) is 0 Å². The lowest BCUT2D eigenvalue weighted by Gasteiger charge is -2.38. The molecule has 2 unspecified atom stereocenters. The largest absolute Gasteiger partial charge is 0.381 e. The fraction of sp³-hybridized carbons (Fsp3) is 1.00. The summed E-state index contributed by atoms with van der Waals surface area (Å²) in [6.07, 6.45) is 9.26. The molecule has 3 nitrogen and oxygen atoms in total. The minimum Gasteiger partial charge on any atom is -0.381 e. The Morgan fingerprint density at radius 3 is 2.89 bits per heavy atom. The lowest BCUT2D eigenvalue weighted by atomic mass is 9.77. The molecule has 2 fully saturated rings. The molecule has 3 heteroatoms. The van der Waals surface area contributed by atoms with E-state index in [9.17, 15) is 0 Å². The average Bonchev–Trinajstić information content (AvgIpc) is 2.91. The zero-order chi connectivity index (χ0) is 12.7. The van der Waals surface area contributed by atoms with Gasteiger partial charge in [0, 0.05) is 25.2 Å². The Morgan fingerprint density at radius 1 is 1.28 bits per heavy atom. The fourth-order valence-electron chi connectivity index (χ4n) is 3.20. The van der Waals surface area contributed by atoms with Gasteiger partial charge >= 0.3 is 0 Å². The summed E-state index contributed by atoms with van der Waals surface area (Å²) in [5.74, 6) is 0. The van der Waals surface area contributed by atoms with Crippen LogP contribution >= 0.6 is 0 Å². The molecule has 0 bridgehead atoms. The zero-order valence-corrected chi connectivity index (χ0v) is 11.9. The molecule has 2 aliphatic rings. The molecule has 0 radical (unpaired) electrons. The molecule has 0 aromatic rings. The van der Waals surface area contributed by atoms with Crippen LogP contribution in [0.1, 0.15) is 51.9 Å². The van der Waals surface area contributed by atoms with Crippen molar-refractivity contribution in [3.63, 3.8) is 0 Å². The van der Waals surface area contributed by atoms with Crippen LogP contribution in [-0.2, 0) is 9.47 Å². The molecule has 0 aliphatic carbocycles. The van der Waals surface area contributed by atoms with E-state index in [0.29, 0.717) is 11.5 Å². The number of hydrogen-bond acceptors (Lipinski definition) is 3. The summed E-state index contributed by atoms with van der Waals surface area (Å²) in [5, 5.41) is 3.60. The first-order chi connectivity index (χ1) is 8.85. The van der Waals surface area contributed by atoms with Crippen LogP contribution < -0.4 is 5.32 Å². The maximum absolute atomic E-state index is 5.75. The van der Waals surface area contributed by atoms with Crippen LogP contribution in [0.15, 0.2) is 0 Å². The van der Waals surface area contributed by atoms with E-state index < -0.39 is 0 Å². The monoisotopic (exact) mass is 255 g/mol. The first-order valence-electron chi connectivity index (χ1n) is 7.75. The quantitative estimate of drug-likeness (QED) is 0.710. The van der Waals surface area contributed by atoms with Gasteiger partial charge in [0.05, 0.1) is 12.7 Å². The number of rotatable bonds is 7. The zero-order valence-electron chi connectivity index (χ0n) is 11.9. The van der Waals surface area contributed by atoms with Gasteiger partial charge in [0.2, 0.25) is 0 Å². The highest BCUT2D eigenvalue weighted by Crippen LogP contribution is 2.35. The smallest absolute Gasteiger partial charge is 0.0576 e. The predicted molar refractivity (Wildman–Crippen MR) is 73.9 cm³/mol. The maximum atomic E-state index is 5.75. The van der Waals surface area contributed by atoms with Crippen LogP contribution in [0, 0.1) is 5.41 Å². The molecule has 106 valence electrons. The van der Waals surface area contributed by atoms with Gasteiger partial charge in [-0.1, -0.05) is 6.92 Å². The number of nitrogens with one attached hydrogen (secondary N) is 1. The topological polar surface area (TPSA) is 30.5 Å². The molecule has 18 heavy (non-hydrogen) atoms. The van der Waals surface area contributed by atoms with Crippen LogP contribution in [-0.4, -0.2) is 39.0 Å². The van der Waals surface area contributed by atoms with Gasteiger partial charge in [0.25, 0.3) is 0 Å². The molecule has 2 saturated heterocycles. The Bertz CT molecular complexity index is 221. The highest BCUT2D eigenvalue weighted by Gasteiger charge is 2.33. The molecule has 2 rings (SSSR count). The lowest BCUT2D eigenvalue weighted by Crippen LogP contribution is -2.41. The van der Waals surface area contributed by atoms with Crippen molar-refractivity contribution in [2.24, 2.45) is 5.41 Å². The first kappa shape index (κ1) is 14.3. The lowest BCUT2D eigenvalue weighted by molar-refractivity contribution is -0.0206. The first-order valence-corrected chi connectivity index (χ1v) is 7.75. The molecule has 0 saturated carbocycles. The van der Waals surface area contributed by atoms with Crippen molar-refractivity contribution in [3.8, 4) is 0 Å². The van der Waals surface area contributed by atoms with Gasteiger partial charge in [0.1, 0.15) is 0 Å². The van der Waals surface area contributed by atoms with E-state index in [0.717, 1.165) is 32.9 Å². The molecule has 1 N–H and O–H groups in total. The van der Waals surface area contributed by atoms with E-state index in [1.165, 1.54) is 44.9 Å². The van der Waals surface area contributed by atoms with Crippen LogP contribution in [0.3, 0.4) is 0 Å². The third-order valence-electron chi connectivity index (χ3n) is 4.35. The second kappa shape index (κ2) is 7.46. The van der Waals surface area contributed by atoms with Gasteiger partial charge in [-0.05, 0) is 51.5 Å². The van der Waals surface area contributed by atoms with Gasteiger partial charge < -0.3 is 14.8 Å². The summed E-state index contributed by atoms with van der Waals surface area (Å²) in [6.45, 7) is 7.34.